The Kier molecular flexibility index (Phi) is 3.48. The minimum absolute atomic E-state index is 0.491. The van der Waals surface area contributed by atoms with Crippen molar-refractivity contribution in [1.29, 1.82) is 0 Å². The van der Waals surface area contributed by atoms with E-state index in [1.54, 1.807) is 11.0 Å². The van der Waals surface area contributed by atoms with Gasteiger partial charge in [0.1, 0.15) is 0 Å². The predicted molar refractivity (Wildman–Crippen MR) is 89.1 cm³/mol. The molecule has 4 rings (SSSR count). The van der Waals surface area contributed by atoms with Gasteiger partial charge in [-0.15, -0.1) is 10.2 Å². The lowest BCUT2D eigenvalue weighted by Gasteiger charge is -2.06. The van der Waals surface area contributed by atoms with Crippen LogP contribution in [-0.4, -0.2) is 25.2 Å². The number of aromatic nitrogens is 5. The second-order valence-corrected chi connectivity index (χ2v) is 5.52. The van der Waals surface area contributed by atoms with Gasteiger partial charge in [0.05, 0.1) is 12.1 Å². The van der Waals surface area contributed by atoms with Crippen molar-refractivity contribution in [2.45, 2.75) is 6.54 Å². The SMILES string of the molecule is Clc1ccc(Cn2nnc(-c3ccccc3)n2)c2ncccc12. The zero-order valence-electron chi connectivity index (χ0n) is 12.1. The molecule has 0 saturated heterocycles. The topological polar surface area (TPSA) is 56.5 Å². The minimum atomic E-state index is 0.491. The van der Waals surface area contributed by atoms with E-state index >= 15 is 0 Å². The monoisotopic (exact) mass is 321 g/mol. The van der Waals surface area contributed by atoms with Crippen molar-refractivity contribution >= 4 is 22.5 Å². The molecule has 0 atom stereocenters. The molecule has 2 aromatic carbocycles. The van der Waals surface area contributed by atoms with Crippen LogP contribution in [0, 0.1) is 0 Å². The third kappa shape index (κ3) is 2.66. The number of nitrogens with zero attached hydrogens (tertiary/aromatic N) is 5. The Morgan fingerprint density at radius 2 is 1.83 bits per heavy atom. The molecule has 2 aromatic heterocycles. The van der Waals surface area contributed by atoms with E-state index in [1.807, 2.05) is 54.6 Å². The van der Waals surface area contributed by atoms with Crippen molar-refractivity contribution in [1.82, 2.24) is 25.2 Å². The number of hydrogen-bond acceptors (Lipinski definition) is 4. The predicted octanol–water partition coefficient (Wildman–Crippen LogP) is 3.59. The highest BCUT2D eigenvalue weighted by molar-refractivity contribution is 6.35. The van der Waals surface area contributed by atoms with Crippen LogP contribution in [0.4, 0.5) is 0 Å². The Hall–Kier alpha value is -2.79. The van der Waals surface area contributed by atoms with Crippen molar-refractivity contribution in [2.24, 2.45) is 0 Å². The van der Waals surface area contributed by atoms with Gasteiger partial charge in [-0.3, -0.25) is 4.98 Å². The molecular weight excluding hydrogens is 310 g/mol. The lowest BCUT2D eigenvalue weighted by molar-refractivity contribution is 0.574. The second kappa shape index (κ2) is 5.78. The number of rotatable bonds is 3. The molecule has 0 amide bonds. The Bertz CT molecular complexity index is 965. The first-order valence-electron chi connectivity index (χ1n) is 7.16. The van der Waals surface area contributed by atoms with E-state index in [9.17, 15) is 0 Å². The van der Waals surface area contributed by atoms with E-state index in [1.165, 1.54) is 0 Å². The van der Waals surface area contributed by atoms with Gasteiger partial charge in [0.2, 0.25) is 5.82 Å². The number of benzene rings is 2. The summed E-state index contributed by atoms with van der Waals surface area (Å²) in [7, 11) is 0. The summed E-state index contributed by atoms with van der Waals surface area (Å²) in [5.41, 5.74) is 2.80. The van der Waals surface area contributed by atoms with Gasteiger partial charge < -0.3 is 0 Å². The highest BCUT2D eigenvalue weighted by Gasteiger charge is 2.09. The summed E-state index contributed by atoms with van der Waals surface area (Å²) >= 11 is 6.23. The van der Waals surface area contributed by atoms with Crippen LogP contribution in [0.3, 0.4) is 0 Å². The molecule has 0 fully saturated rings. The summed E-state index contributed by atoms with van der Waals surface area (Å²) in [4.78, 5) is 6.00. The fourth-order valence-electron chi connectivity index (χ4n) is 2.49. The highest BCUT2D eigenvalue weighted by atomic mass is 35.5. The van der Waals surface area contributed by atoms with E-state index in [0.717, 1.165) is 22.0 Å². The molecule has 5 nitrogen and oxygen atoms in total. The number of pyridine rings is 1. The molecule has 0 N–H and O–H groups in total. The maximum Gasteiger partial charge on any atom is 0.204 e. The normalized spacial score (nSPS) is 11.0. The van der Waals surface area contributed by atoms with Gasteiger partial charge in [-0.25, -0.2) is 0 Å². The van der Waals surface area contributed by atoms with Gasteiger partial charge in [-0.05, 0) is 23.4 Å². The molecule has 6 heteroatoms. The Morgan fingerprint density at radius 3 is 2.70 bits per heavy atom. The van der Waals surface area contributed by atoms with Gasteiger partial charge in [0.15, 0.2) is 0 Å². The molecule has 0 bridgehead atoms. The summed E-state index contributed by atoms with van der Waals surface area (Å²) in [6, 6.07) is 17.4. The lowest BCUT2D eigenvalue weighted by Crippen LogP contribution is -2.05. The first-order valence-corrected chi connectivity index (χ1v) is 7.54. The second-order valence-electron chi connectivity index (χ2n) is 5.12. The van der Waals surface area contributed by atoms with Gasteiger partial charge >= 0.3 is 0 Å². The molecular formula is C17H12ClN5. The van der Waals surface area contributed by atoms with Crippen LogP contribution in [0.5, 0.6) is 0 Å². The zero-order chi connectivity index (χ0) is 15.6. The lowest BCUT2D eigenvalue weighted by atomic mass is 10.1. The van der Waals surface area contributed by atoms with Crippen molar-refractivity contribution in [2.75, 3.05) is 0 Å². The van der Waals surface area contributed by atoms with Crippen molar-refractivity contribution in [3.63, 3.8) is 0 Å². The summed E-state index contributed by atoms with van der Waals surface area (Å²) in [6.45, 7) is 0.491. The number of tetrazole rings is 1. The fourth-order valence-corrected chi connectivity index (χ4v) is 2.70. The molecule has 2 heterocycles. The van der Waals surface area contributed by atoms with Crippen LogP contribution in [0.2, 0.25) is 5.02 Å². The largest absolute Gasteiger partial charge is 0.256 e. The first kappa shape index (κ1) is 13.8. The Balaban J connectivity index is 1.70. The highest BCUT2D eigenvalue weighted by Crippen LogP contribution is 2.25. The Morgan fingerprint density at radius 1 is 0.957 bits per heavy atom. The molecule has 4 aromatic rings. The molecule has 0 aliphatic heterocycles. The Labute approximate surface area is 137 Å². The average Bonchev–Trinajstić information content (AvgIpc) is 3.07. The van der Waals surface area contributed by atoms with E-state index in [2.05, 4.69) is 20.4 Å². The number of fused-ring (bicyclic) bond motifs is 1. The van der Waals surface area contributed by atoms with Crippen molar-refractivity contribution in [3.8, 4) is 11.4 Å². The maximum absolute atomic E-state index is 6.23. The third-order valence-corrected chi connectivity index (χ3v) is 3.93. The fraction of sp³-hybridized carbons (Fsp3) is 0.0588. The number of hydrogen-bond donors (Lipinski definition) is 0. The average molecular weight is 322 g/mol. The quantitative estimate of drug-likeness (QED) is 0.578. The van der Waals surface area contributed by atoms with Crippen LogP contribution < -0.4 is 0 Å². The summed E-state index contributed by atoms with van der Waals surface area (Å²) in [5.74, 6) is 0.608. The summed E-state index contributed by atoms with van der Waals surface area (Å²) in [6.07, 6.45) is 1.76. The molecule has 0 aliphatic carbocycles. The molecule has 23 heavy (non-hydrogen) atoms. The van der Waals surface area contributed by atoms with Crippen LogP contribution in [0.25, 0.3) is 22.3 Å². The summed E-state index contributed by atoms with van der Waals surface area (Å²) < 4.78 is 0. The van der Waals surface area contributed by atoms with E-state index < -0.39 is 0 Å². The number of halogens is 1. The molecule has 0 radical (unpaired) electrons. The van der Waals surface area contributed by atoms with Crippen molar-refractivity contribution < 1.29 is 0 Å². The minimum Gasteiger partial charge on any atom is -0.256 e. The standard InChI is InChI=1S/C17H12ClN5/c18-15-9-8-13(16-14(15)7-4-10-19-16)11-23-21-17(20-22-23)12-5-2-1-3-6-12/h1-10H,11H2. The molecule has 0 unspecified atom stereocenters. The molecule has 0 saturated carbocycles. The van der Waals surface area contributed by atoms with Crippen LogP contribution >= 0.6 is 11.6 Å². The van der Waals surface area contributed by atoms with E-state index in [-0.39, 0.29) is 0 Å². The van der Waals surface area contributed by atoms with Gasteiger partial charge in [0, 0.05) is 27.7 Å². The van der Waals surface area contributed by atoms with Gasteiger partial charge in [0.25, 0.3) is 0 Å². The molecule has 0 aliphatic rings. The van der Waals surface area contributed by atoms with Crippen LogP contribution in [0.1, 0.15) is 5.56 Å². The molecule has 0 spiro atoms. The third-order valence-electron chi connectivity index (χ3n) is 3.60. The van der Waals surface area contributed by atoms with Crippen molar-refractivity contribution in [3.05, 3.63) is 71.4 Å². The van der Waals surface area contributed by atoms with Crippen LogP contribution in [-0.2, 0) is 6.54 Å². The van der Waals surface area contributed by atoms with E-state index in [0.29, 0.717) is 17.4 Å². The smallest absolute Gasteiger partial charge is 0.204 e. The van der Waals surface area contributed by atoms with Gasteiger partial charge in [-0.2, -0.15) is 4.80 Å². The van der Waals surface area contributed by atoms with Crippen LogP contribution in [0.15, 0.2) is 60.8 Å². The van der Waals surface area contributed by atoms with E-state index in [4.69, 9.17) is 11.6 Å². The summed E-state index contributed by atoms with van der Waals surface area (Å²) in [5, 5.41) is 14.3. The molecule has 112 valence electrons. The first-order chi connectivity index (χ1) is 11.3. The zero-order valence-corrected chi connectivity index (χ0v) is 12.9. The van der Waals surface area contributed by atoms with Gasteiger partial charge in [-0.1, -0.05) is 48.0 Å². The maximum atomic E-state index is 6.23.